The van der Waals surface area contributed by atoms with Gasteiger partial charge >= 0.3 is 0 Å². The maximum absolute atomic E-state index is 9.32. The molecule has 0 bridgehead atoms. The average Bonchev–Trinajstić information content (AvgIpc) is 2.97. The van der Waals surface area contributed by atoms with E-state index >= 15 is 0 Å². The molecule has 0 radical (unpaired) electrons. The molecular weight excluding hydrogens is 286 g/mol. The van der Waals surface area contributed by atoms with Crippen molar-refractivity contribution in [3.05, 3.63) is 35.9 Å². The number of benzene rings is 1. The minimum Gasteiger partial charge on any atom is -0.395 e. The Bertz CT molecular complexity index is 495. The van der Waals surface area contributed by atoms with Crippen LogP contribution >= 0.6 is 0 Å². The van der Waals surface area contributed by atoms with Gasteiger partial charge in [0.25, 0.3) is 0 Å². The summed E-state index contributed by atoms with van der Waals surface area (Å²) in [5, 5.41) is 9.32. The molecule has 0 aromatic heterocycles. The lowest BCUT2D eigenvalue weighted by Gasteiger charge is -2.28. The van der Waals surface area contributed by atoms with Crippen LogP contribution in [0.5, 0.6) is 0 Å². The summed E-state index contributed by atoms with van der Waals surface area (Å²) < 4.78 is 23.4. The van der Waals surface area contributed by atoms with Gasteiger partial charge in [-0.3, -0.25) is 0 Å². The van der Waals surface area contributed by atoms with Crippen LogP contribution in [0.25, 0.3) is 0 Å². The minimum absolute atomic E-state index is 0.182. The molecule has 0 aliphatic carbocycles. The Morgan fingerprint density at radius 3 is 2.68 bits per heavy atom. The third kappa shape index (κ3) is 3.17. The smallest absolute Gasteiger partial charge is 0.190 e. The molecular formula is C16H23NO5. The number of ether oxygens (including phenoxy) is 4. The molecule has 0 spiro atoms. The fraction of sp³-hybridized carbons (Fsp3) is 0.625. The highest BCUT2D eigenvalue weighted by molar-refractivity contribution is 5.13. The van der Waals surface area contributed by atoms with Crippen molar-refractivity contribution in [2.75, 3.05) is 6.61 Å². The lowest BCUT2D eigenvalue weighted by Crippen LogP contribution is -2.48. The van der Waals surface area contributed by atoms with Crippen LogP contribution in [0, 0.1) is 0 Å². The molecule has 2 fully saturated rings. The molecule has 122 valence electrons. The quantitative estimate of drug-likeness (QED) is 0.836. The summed E-state index contributed by atoms with van der Waals surface area (Å²) in [6, 6.07) is 9.32. The standard InChI is InChI=1S/C16H23NO5/c1-16(2)21-14-13(19-9-10-6-4-3-5-7-10)12(11(17)8-18)20-15(14)22-16/h3-7,11-15,18H,8-9,17H2,1-2H3/t11-,12-,13+,14-,15-/m1/s1. The Labute approximate surface area is 130 Å². The molecule has 1 aromatic carbocycles. The molecule has 2 aliphatic heterocycles. The first-order valence-corrected chi connectivity index (χ1v) is 7.53. The Morgan fingerprint density at radius 1 is 1.27 bits per heavy atom. The summed E-state index contributed by atoms with van der Waals surface area (Å²) in [4.78, 5) is 0. The Balaban J connectivity index is 1.71. The van der Waals surface area contributed by atoms with E-state index in [2.05, 4.69) is 0 Å². The highest BCUT2D eigenvalue weighted by atomic mass is 16.8. The van der Waals surface area contributed by atoms with E-state index in [0.717, 1.165) is 5.56 Å². The molecule has 5 atom stereocenters. The number of nitrogens with two attached hydrogens (primary N) is 1. The lowest BCUT2D eigenvalue weighted by molar-refractivity contribution is -0.222. The predicted octanol–water partition coefficient (Wildman–Crippen LogP) is 0.768. The van der Waals surface area contributed by atoms with Crippen molar-refractivity contribution in [1.82, 2.24) is 0 Å². The van der Waals surface area contributed by atoms with Crippen molar-refractivity contribution < 1.29 is 24.1 Å². The van der Waals surface area contributed by atoms with Gasteiger partial charge in [0.2, 0.25) is 0 Å². The molecule has 3 N–H and O–H groups in total. The van der Waals surface area contributed by atoms with Crippen molar-refractivity contribution in [2.45, 2.75) is 56.9 Å². The summed E-state index contributed by atoms with van der Waals surface area (Å²) in [6.07, 6.45) is -1.70. The fourth-order valence-corrected chi connectivity index (χ4v) is 2.91. The largest absolute Gasteiger partial charge is 0.395 e. The normalized spacial score (nSPS) is 34.5. The van der Waals surface area contributed by atoms with Crippen LogP contribution < -0.4 is 5.73 Å². The van der Waals surface area contributed by atoms with E-state index in [-0.39, 0.29) is 18.8 Å². The average molecular weight is 309 g/mol. The van der Waals surface area contributed by atoms with Crippen LogP contribution in [0.3, 0.4) is 0 Å². The number of hydrogen-bond donors (Lipinski definition) is 2. The van der Waals surface area contributed by atoms with Crippen LogP contribution in [0.15, 0.2) is 30.3 Å². The maximum atomic E-state index is 9.32. The Morgan fingerprint density at radius 2 is 2.00 bits per heavy atom. The highest BCUT2D eigenvalue weighted by Crippen LogP contribution is 2.39. The molecule has 0 amide bonds. The Hall–Kier alpha value is -1.02. The molecule has 2 saturated heterocycles. The third-order valence-electron chi connectivity index (χ3n) is 3.95. The summed E-state index contributed by atoms with van der Waals surface area (Å²) in [7, 11) is 0. The summed E-state index contributed by atoms with van der Waals surface area (Å²) >= 11 is 0. The number of rotatable bonds is 5. The number of aliphatic hydroxyl groups is 1. The van der Waals surface area contributed by atoms with Crippen molar-refractivity contribution in [2.24, 2.45) is 5.73 Å². The van der Waals surface area contributed by atoms with Gasteiger partial charge in [-0.2, -0.15) is 0 Å². The number of hydrogen-bond acceptors (Lipinski definition) is 6. The molecule has 6 nitrogen and oxygen atoms in total. The predicted molar refractivity (Wildman–Crippen MR) is 78.8 cm³/mol. The van der Waals surface area contributed by atoms with E-state index in [1.54, 1.807) is 0 Å². The van der Waals surface area contributed by atoms with Crippen molar-refractivity contribution in [1.29, 1.82) is 0 Å². The molecule has 1 aromatic rings. The first-order valence-electron chi connectivity index (χ1n) is 7.53. The number of fused-ring (bicyclic) bond motifs is 1. The second kappa shape index (κ2) is 6.23. The summed E-state index contributed by atoms with van der Waals surface area (Å²) in [5.41, 5.74) is 7.00. The highest BCUT2D eigenvalue weighted by Gasteiger charge is 2.56. The van der Waals surface area contributed by atoms with Gasteiger partial charge in [0, 0.05) is 0 Å². The van der Waals surface area contributed by atoms with Crippen molar-refractivity contribution >= 4 is 0 Å². The number of aliphatic hydroxyl groups excluding tert-OH is 1. The molecule has 6 heteroatoms. The lowest BCUT2D eigenvalue weighted by atomic mass is 10.0. The van der Waals surface area contributed by atoms with E-state index in [4.69, 9.17) is 24.7 Å². The third-order valence-corrected chi connectivity index (χ3v) is 3.95. The summed E-state index contributed by atoms with van der Waals surface area (Å²) in [5.74, 6) is -0.710. The molecule has 2 heterocycles. The van der Waals surface area contributed by atoms with Crippen LogP contribution in [0.1, 0.15) is 19.4 Å². The summed E-state index contributed by atoms with van der Waals surface area (Å²) in [6.45, 7) is 3.92. The van der Waals surface area contributed by atoms with Crippen molar-refractivity contribution in [3.8, 4) is 0 Å². The topological polar surface area (TPSA) is 83.2 Å². The Kier molecular flexibility index (Phi) is 4.49. The van der Waals surface area contributed by atoms with Gasteiger partial charge in [-0.05, 0) is 19.4 Å². The van der Waals surface area contributed by atoms with E-state index in [1.807, 2.05) is 44.2 Å². The van der Waals surface area contributed by atoms with E-state index in [0.29, 0.717) is 6.61 Å². The molecule has 0 unspecified atom stereocenters. The van der Waals surface area contributed by atoms with Crippen LogP contribution in [-0.4, -0.2) is 48.1 Å². The van der Waals surface area contributed by atoms with Gasteiger partial charge in [-0.15, -0.1) is 0 Å². The van der Waals surface area contributed by atoms with Gasteiger partial charge in [-0.1, -0.05) is 30.3 Å². The monoisotopic (exact) mass is 309 g/mol. The van der Waals surface area contributed by atoms with Gasteiger partial charge in [0.1, 0.15) is 18.3 Å². The van der Waals surface area contributed by atoms with E-state index in [9.17, 15) is 5.11 Å². The van der Waals surface area contributed by atoms with Crippen LogP contribution in [0.4, 0.5) is 0 Å². The second-order valence-corrected chi connectivity index (χ2v) is 6.18. The van der Waals surface area contributed by atoms with Gasteiger partial charge in [0.15, 0.2) is 12.1 Å². The zero-order valence-electron chi connectivity index (χ0n) is 12.8. The molecule has 3 rings (SSSR count). The van der Waals surface area contributed by atoms with E-state index in [1.165, 1.54) is 0 Å². The van der Waals surface area contributed by atoms with Gasteiger partial charge in [0.05, 0.1) is 19.3 Å². The maximum Gasteiger partial charge on any atom is 0.190 e. The SMILES string of the molecule is CC1(C)O[C@H]2O[C@H]([C@H](N)CO)[C@H](OCc3ccccc3)[C@H]2O1. The van der Waals surface area contributed by atoms with Crippen molar-refractivity contribution in [3.63, 3.8) is 0 Å². The molecule has 22 heavy (non-hydrogen) atoms. The minimum atomic E-state index is -0.710. The first-order chi connectivity index (χ1) is 10.5. The fourth-order valence-electron chi connectivity index (χ4n) is 2.91. The zero-order valence-corrected chi connectivity index (χ0v) is 12.8. The van der Waals surface area contributed by atoms with E-state index < -0.39 is 24.2 Å². The zero-order chi connectivity index (χ0) is 15.7. The van der Waals surface area contributed by atoms with Gasteiger partial charge in [-0.25, -0.2) is 0 Å². The second-order valence-electron chi connectivity index (χ2n) is 6.18. The van der Waals surface area contributed by atoms with Gasteiger partial charge < -0.3 is 29.8 Å². The first kappa shape index (κ1) is 15.9. The van der Waals surface area contributed by atoms with Crippen LogP contribution in [-0.2, 0) is 25.6 Å². The molecule has 2 aliphatic rings. The molecule has 0 saturated carbocycles. The van der Waals surface area contributed by atoms with Crippen LogP contribution in [0.2, 0.25) is 0 Å².